The van der Waals surface area contributed by atoms with Crippen molar-refractivity contribution in [2.45, 2.75) is 0 Å². The molecule has 0 atom stereocenters. The van der Waals surface area contributed by atoms with Crippen molar-refractivity contribution in [1.82, 2.24) is 9.97 Å². The number of hydrogen-bond acceptors (Lipinski definition) is 3. The van der Waals surface area contributed by atoms with Gasteiger partial charge < -0.3 is 4.42 Å². The van der Waals surface area contributed by atoms with Gasteiger partial charge in [0.25, 0.3) is 0 Å². The number of nitrogens with zero attached hydrogens (tertiary/aromatic N) is 2. The lowest BCUT2D eigenvalue weighted by molar-refractivity contribution is 0.670. The predicted octanol–water partition coefficient (Wildman–Crippen LogP) is 10.8. The molecule has 2 aromatic heterocycles. The summed E-state index contributed by atoms with van der Waals surface area (Å²) >= 11 is 0. The summed E-state index contributed by atoms with van der Waals surface area (Å²) in [4.78, 5) is 10.3. The van der Waals surface area contributed by atoms with Crippen molar-refractivity contribution in [3.05, 3.63) is 146 Å². The molecule has 9 rings (SSSR count). The first-order chi connectivity index (χ1) is 21.3. The van der Waals surface area contributed by atoms with Crippen molar-refractivity contribution in [3.8, 4) is 33.8 Å². The van der Waals surface area contributed by atoms with E-state index in [0.717, 1.165) is 55.2 Å². The minimum Gasteiger partial charge on any atom is -0.455 e. The average Bonchev–Trinajstić information content (AvgIpc) is 3.47. The van der Waals surface area contributed by atoms with Crippen LogP contribution >= 0.6 is 0 Å². The maximum atomic E-state index is 6.65. The molecule has 0 saturated carbocycles. The van der Waals surface area contributed by atoms with Gasteiger partial charge in [0.05, 0.1) is 16.8 Å². The van der Waals surface area contributed by atoms with E-state index < -0.39 is 0 Å². The second kappa shape index (κ2) is 9.37. The van der Waals surface area contributed by atoms with Gasteiger partial charge in [0.15, 0.2) is 5.82 Å². The molecule has 3 heteroatoms. The molecule has 3 nitrogen and oxygen atoms in total. The number of fused-ring (bicyclic) bond motifs is 8. The summed E-state index contributed by atoms with van der Waals surface area (Å²) in [7, 11) is 0. The number of rotatable bonds is 3. The highest BCUT2D eigenvalue weighted by Gasteiger charge is 2.19. The van der Waals surface area contributed by atoms with Crippen LogP contribution in [0.4, 0.5) is 0 Å². The normalized spacial score (nSPS) is 11.7. The van der Waals surface area contributed by atoms with E-state index in [9.17, 15) is 0 Å². The Hall–Kier alpha value is -5.80. The monoisotopic (exact) mass is 548 g/mol. The third-order valence-corrected chi connectivity index (χ3v) is 8.46. The zero-order valence-electron chi connectivity index (χ0n) is 23.2. The van der Waals surface area contributed by atoms with Crippen LogP contribution in [0.5, 0.6) is 0 Å². The van der Waals surface area contributed by atoms with Crippen molar-refractivity contribution in [2.75, 3.05) is 0 Å². The van der Waals surface area contributed by atoms with Crippen LogP contribution < -0.4 is 0 Å². The van der Waals surface area contributed by atoms with Gasteiger partial charge in [-0.1, -0.05) is 121 Å². The summed E-state index contributed by atoms with van der Waals surface area (Å²) in [6.07, 6.45) is 0. The number of aromatic nitrogens is 2. The maximum Gasteiger partial charge on any atom is 0.164 e. The Morgan fingerprint density at radius 1 is 0.442 bits per heavy atom. The summed E-state index contributed by atoms with van der Waals surface area (Å²) in [5, 5.41) is 8.06. The molecule has 43 heavy (non-hydrogen) atoms. The van der Waals surface area contributed by atoms with Gasteiger partial charge in [0.2, 0.25) is 0 Å². The van der Waals surface area contributed by atoms with Gasteiger partial charge in [-0.15, -0.1) is 0 Å². The molecular weight excluding hydrogens is 524 g/mol. The highest BCUT2D eigenvalue weighted by atomic mass is 16.3. The van der Waals surface area contributed by atoms with Crippen molar-refractivity contribution in [1.29, 1.82) is 0 Å². The van der Waals surface area contributed by atoms with E-state index in [0.29, 0.717) is 5.82 Å². The number of furan rings is 1. The Morgan fingerprint density at radius 3 is 2.07 bits per heavy atom. The van der Waals surface area contributed by atoms with Crippen LogP contribution in [0.3, 0.4) is 0 Å². The molecule has 0 aliphatic rings. The zero-order valence-corrected chi connectivity index (χ0v) is 23.2. The fourth-order valence-corrected chi connectivity index (χ4v) is 6.45. The molecule has 200 valence electrons. The van der Waals surface area contributed by atoms with E-state index in [1.165, 1.54) is 27.1 Å². The van der Waals surface area contributed by atoms with Gasteiger partial charge in [-0.25, -0.2) is 9.97 Å². The minimum atomic E-state index is 0.651. The third kappa shape index (κ3) is 3.75. The first-order valence-corrected chi connectivity index (χ1v) is 14.5. The molecular formula is C40H24N2O. The van der Waals surface area contributed by atoms with Gasteiger partial charge in [0.1, 0.15) is 11.2 Å². The van der Waals surface area contributed by atoms with E-state index in [2.05, 4.69) is 127 Å². The van der Waals surface area contributed by atoms with E-state index in [1.807, 2.05) is 18.2 Å². The Labute approximate surface area is 247 Å². The Kier molecular flexibility index (Phi) is 5.20. The van der Waals surface area contributed by atoms with Crippen LogP contribution in [-0.2, 0) is 0 Å². The number of benzene rings is 7. The quantitative estimate of drug-likeness (QED) is 0.206. The first kappa shape index (κ1) is 23.9. The van der Waals surface area contributed by atoms with Crippen molar-refractivity contribution in [2.24, 2.45) is 0 Å². The van der Waals surface area contributed by atoms with Gasteiger partial charge in [-0.05, 0) is 51.6 Å². The Balaban J connectivity index is 1.31. The number of para-hydroxylation sites is 2. The zero-order chi connectivity index (χ0) is 28.3. The molecule has 0 bridgehead atoms. The molecule has 0 aliphatic carbocycles. The van der Waals surface area contributed by atoms with E-state index in [-0.39, 0.29) is 0 Å². The smallest absolute Gasteiger partial charge is 0.164 e. The molecule has 2 heterocycles. The summed E-state index contributed by atoms with van der Waals surface area (Å²) in [5.74, 6) is 0.651. The Bertz CT molecular complexity index is 2510. The molecule has 9 aromatic rings. The van der Waals surface area contributed by atoms with Crippen molar-refractivity contribution in [3.63, 3.8) is 0 Å². The van der Waals surface area contributed by atoms with Crippen LogP contribution in [0.2, 0.25) is 0 Å². The highest BCUT2D eigenvalue weighted by Crippen LogP contribution is 2.41. The van der Waals surface area contributed by atoms with Crippen LogP contribution in [-0.4, -0.2) is 9.97 Å². The SMILES string of the molecule is c1ccc(-c2cccc(-c3nc(-c4cccc5c4oc4ccc6ccc7ccccc7c6c45)nc4ccccc34)c2)cc1. The van der Waals surface area contributed by atoms with Crippen LogP contribution in [0.25, 0.3) is 88.2 Å². The molecule has 0 spiro atoms. The summed E-state index contributed by atoms with van der Waals surface area (Å²) in [6, 6.07) is 50.8. The lowest BCUT2D eigenvalue weighted by atomic mass is 9.97. The van der Waals surface area contributed by atoms with Crippen LogP contribution in [0, 0.1) is 0 Å². The predicted molar refractivity (Wildman–Crippen MR) is 178 cm³/mol. The molecule has 0 N–H and O–H groups in total. The first-order valence-electron chi connectivity index (χ1n) is 14.5. The van der Waals surface area contributed by atoms with Crippen LogP contribution in [0.15, 0.2) is 150 Å². The lowest BCUT2D eigenvalue weighted by Crippen LogP contribution is -1.95. The molecule has 0 saturated heterocycles. The molecule has 0 aliphatic heterocycles. The molecule has 0 radical (unpaired) electrons. The van der Waals surface area contributed by atoms with Crippen LogP contribution in [0.1, 0.15) is 0 Å². The summed E-state index contributed by atoms with van der Waals surface area (Å²) in [5.41, 5.74) is 7.74. The Morgan fingerprint density at radius 2 is 1.14 bits per heavy atom. The van der Waals surface area contributed by atoms with E-state index in [4.69, 9.17) is 14.4 Å². The second-order valence-electron chi connectivity index (χ2n) is 11.0. The fraction of sp³-hybridized carbons (Fsp3) is 0. The largest absolute Gasteiger partial charge is 0.455 e. The third-order valence-electron chi connectivity index (χ3n) is 8.46. The highest BCUT2D eigenvalue weighted by molar-refractivity contribution is 6.27. The standard InChI is InChI=1S/C40H24N2O/c1-2-10-25(11-3-1)28-13-8-14-29(24-28)38-31-16-6-7-19-34(31)41-40(42-38)33-18-9-17-32-37-35(43-39(32)33)23-22-27-21-20-26-12-4-5-15-30(26)36(27)37/h1-24H. The number of hydrogen-bond donors (Lipinski definition) is 0. The molecule has 0 unspecified atom stereocenters. The summed E-state index contributed by atoms with van der Waals surface area (Å²) in [6.45, 7) is 0. The van der Waals surface area contributed by atoms with Gasteiger partial charge >= 0.3 is 0 Å². The molecule has 0 fully saturated rings. The maximum absolute atomic E-state index is 6.65. The fourth-order valence-electron chi connectivity index (χ4n) is 6.45. The molecule has 7 aromatic carbocycles. The van der Waals surface area contributed by atoms with Gasteiger partial charge in [0, 0.05) is 27.1 Å². The van der Waals surface area contributed by atoms with Crippen molar-refractivity contribution >= 4 is 54.4 Å². The molecule has 0 amide bonds. The topological polar surface area (TPSA) is 38.9 Å². The summed E-state index contributed by atoms with van der Waals surface area (Å²) < 4.78 is 6.65. The lowest BCUT2D eigenvalue weighted by Gasteiger charge is -2.11. The van der Waals surface area contributed by atoms with E-state index in [1.54, 1.807) is 0 Å². The second-order valence-corrected chi connectivity index (χ2v) is 11.0. The average molecular weight is 549 g/mol. The minimum absolute atomic E-state index is 0.651. The van der Waals surface area contributed by atoms with Gasteiger partial charge in [-0.3, -0.25) is 0 Å². The van der Waals surface area contributed by atoms with E-state index >= 15 is 0 Å². The van der Waals surface area contributed by atoms with Crippen molar-refractivity contribution < 1.29 is 4.42 Å². The van der Waals surface area contributed by atoms with Gasteiger partial charge in [-0.2, -0.15) is 0 Å².